The van der Waals surface area contributed by atoms with Crippen molar-refractivity contribution < 1.29 is 17.6 Å². The van der Waals surface area contributed by atoms with Gasteiger partial charge in [-0.3, -0.25) is 4.79 Å². The molecule has 0 aromatic heterocycles. The molecule has 2 atom stereocenters. The predicted octanol–water partition coefficient (Wildman–Crippen LogP) is 1.03. The molecule has 134 valence electrons. The topological polar surface area (TPSA) is 83.7 Å². The van der Waals surface area contributed by atoms with Crippen molar-refractivity contribution in [1.29, 1.82) is 0 Å². The van der Waals surface area contributed by atoms with Gasteiger partial charge < -0.3 is 10.6 Å². The van der Waals surface area contributed by atoms with Gasteiger partial charge in [0.25, 0.3) is 0 Å². The smallest absolute Gasteiger partial charge is 0.243 e. The van der Waals surface area contributed by atoms with Crippen LogP contribution in [0.5, 0.6) is 0 Å². The van der Waals surface area contributed by atoms with Crippen LogP contribution in [0, 0.1) is 11.7 Å². The molecule has 2 N–H and O–H groups in total. The van der Waals surface area contributed by atoms with E-state index in [2.05, 4.69) is 0 Å². The minimum Gasteiger partial charge on any atom is -0.341 e. The zero-order valence-corrected chi connectivity index (χ0v) is 14.8. The number of sulfonamides is 1. The van der Waals surface area contributed by atoms with Crippen molar-refractivity contribution in [3.05, 3.63) is 30.1 Å². The Balaban J connectivity index is 2.10. The summed E-state index contributed by atoms with van der Waals surface area (Å²) in [6.45, 7) is 4.95. The van der Waals surface area contributed by atoms with Crippen molar-refractivity contribution in [2.75, 3.05) is 26.2 Å². The summed E-state index contributed by atoms with van der Waals surface area (Å²) < 4.78 is 39.7. The van der Waals surface area contributed by atoms with E-state index in [4.69, 9.17) is 5.73 Å². The van der Waals surface area contributed by atoms with Crippen LogP contribution in [0.4, 0.5) is 4.39 Å². The average Bonchev–Trinajstić information content (AvgIpc) is 2.80. The Hall–Kier alpha value is -1.51. The summed E-state index contributed by atoms with van der Waals surface area (Å²) in [4.78, 5) is 14.1. The van der Waals surface area contributed by atoms with Gasteiger partial charge in [-0.1, -0.05) is 6.92 Å². The fraction of sp³-hybridized carbons (Fsp3) is 0.562. The van der Waals surface area contributed by atoms with Gasteiger partial charge in [0.05, 0.1) is 10.8 Å². The Morgan fingerprint density at radius 1 is 1.12 bits per heavy atom. The van der Waals surface area contributed by atoms with E-state index in [9.17, 15) is 17.6 Å². The molecule has 1 amide bonds. The second kappa shape index (κ2) is 7.58. The quantitative estimate of drug-likeness (QED) is 0.872. The van der Waals surface area contributed by atoms with Gasteiger partial charge in [0.1, 0.15) is 5.82 Å². The van der Waals surface area contributed by atoms with Crippen molar-refractivity contribution in [3.8, 4) is 0 Å². The van der Waals surface area contributed by atoms with Crippen LogP contribution in [0.3, 0.4) is 0 Å². The zero-order valence-electron chi connectivity index (χ0n) is 14.0. The lowest BCUT2D eigenvalue weighted by Crippen LogP contribution is -2.43. The van der Waals surface area contributed by atoms with Gasteiger partial charge in [0, 0.05) is 32.2 Å². The van der Waals surface area contributed by atoms with E-state index < -0.39 is 15.8 Å². The molecule has 0 bridgehead atoms. The number of hydrogen-bond acceptors (Lipinski definition) is 4. The Bertz CT molecular complexity index is 676. The second-order valence-corrected chi connectivity index (χ2v) is 8.12. The minimum absolute atomic E-state index is 0.0500. The highest BCUT2D eigenvalue weighted by atomic mass is 32.2. The Kier molecular flexibility index (Phi) is 5.95. The first-order valence-corrected chi connectivity index (χ1v) is 9.47. The van der Waals surface area contributed by atoms with Gasteiger partial charge in [0.2, 0.25) is 15.9 Å². The molecule has 0 radical (unpaired) electrons. The normalized spacial score (nSPS) is 19.6. The van der Waals surface area contributed by atoms with E-state index in [-0.39, 0.29) is 29.3 Å². The van der Waals surface area contributed by atoms with Crippen molar-refractivity contribution in [1.82, 2.24) is 9.21 Å². The molecule has 1 heterocycles. The lowest BCUT2D eigenvalue weighted by molar-refractivity contribution is -0.135. The molecule has 8 heteroatoms. The van der Waals surface area contributed by atoms with Crippen LogP contribution in [0.15, 0.2) is 29.2 Å². The molecule has 1 saturated heterocycles. The molecule has 24 heavy (non-hydrogen) atoms. The van der Waals surface area contributed by atoms with Gasteiger partial charge >= 0.3 is 0 Å². The maximum Gasteiger partial charge on any atom is 0.243 e. The first-order valence-electron chi connectivity index (χ1n) is 8.03. The molecule has 0 spiro atoms. The summed E-state index contributed by atoms with van der Waals surface area (Å²) in [6.07, 6.45) is 0.553. The Morgan fingerprint density at radius 3 is 2.33 bits per heavy atom. The monoisotopic (exact) mass is 357 g/mol. The third-order valence-corrected chi connectivity index (χ3v) is 6.31. The van der Waals surface area contributed by atoms with Crippen LogP contribution in [0.25, 0.3) is 0 Å². The first-order chi connectivity index (χ1) is 11.2. The van der Waals surface area contributed by atoms with Gasteiger partial charge in [-0.15, -0.1) is 0 Å². The van der Waals surface area contributed by atoms with Crippen LogP contribution >= 0.6 is 0 Å². The standard InChI is InChI=1S/C16H24FN3O3S/c1-12(13(2)18)16(21)19-8-3-9-20(11-10-19)24(22,23)15-6-4-14(17)5-7-15/h4-7,12-13H,3,8-11,18H2,1-2H3. The van der Waals surface area contributed by atoms with Gasteiger partial charge in [0.15, 0.2) is 0 Å². The van der Waals surface area contributed by atoms with Crippen LogP contribution in [0.1, 0.15) is 20.3 Å². The number of benzene rings is 1. The van der Waals surface area contributed by atoms with E-state index >= 15 is 0 Å². The fourth-order valence-corrected chi connectivity index (χ4v) is 4.09. The molecule has 1 aromatic rings. The van der Waals surface area contributed by atoms with Gasteiger partial charge in [-0.05, 0) is 37.6 Å². The van der Waals surface area contributed by atoms with Crippen molar-refractivity contribution >= 4 is 15.9 Å². The van der Waals surface area contributed by atoms with Gasteiger partial charge in [-0.25, -0.2) is 12.8 Å². The lowest BCUT2D eigenvalue weighted by atomic mass is 10.0. The van der Waals surface area contributed by atoms with Crippen molar-refractivity contribution in [2.24, 2.45) is 11.7 Å². The SMILES string of the molecule is CC(N)C(C)C(=O)N1CCCN(S(=O)(=O)c2ccc(F)cc2)CC1. The molecule has 2 unspecified atom stereocenters. The number of carbonyl (C=O) groups excluding carboxylic acids is 1. The van der Waals surface area contributed by atoms with E-state index in [1.54, 1.807) is 18.7 Å². The first kappa shape index (κ1) is 18.8. The third kappa shape index (κ3) is 4.12. The molecular formula is C16H24FN3O3S. The highest BCUT2D eigenvalue weighted by molar-refractivity contribution is 7.89. The summed E-state index contributed by atoms with van der Waals surface area (Å²) in [6, 6.07) is 4.53. The van der Waals surface area contributed by atoms with Crippen LogP contribution in [-0.4, -0.2) is 55.8 Å². The number of nitrogens with two attached hydrogens (primary N) is 1. The third-order valence-electron chi connectivity index (χ3n) is 4.40. The second-order valence-electron chi connectivity index (χ2n) is 6.18. The molecule has 1 aliphatic heterocycles. The number of rotatable bonds is 4. The van der Waals surface area contributed by atoms with E-state index in [0.717, 1.165) is 12.1 Å². The molecular weight excluding hydrogens is 333 g/mol. The van der Waals surface area contributed by atoms with Crippen LogP contribution in [0.2, 0.25) is 0 Å². The van der Waals surface area contributed by atoms with Gasteiger partial charge in [-0.2, -0.15) is 4.31 Å². The molecule has 6 nitrogen and oxygen atoms in total. The number of nitrogens with zero attached hydrogens (tertiary/aromatic N) is 2. The highest BCUT2D eigenvalue weighted by Gasteiger charge is 2.30. The number of carbonyl (C=O) groups is 1. The largest absolute Gasteiger partial charge is 0.341 e. The zero-order chi connectivity index (χ0) is 17.9. The summed E-state index contributed by atoms with van der Waals surface area (Å²) in [5.74, 6) is -0.831. The molecule has 2 rings (SSSR count). The number of amides is 1. The molecule has 1 aliphatic rings. The summed E-state index contributed by atoms with van der Waals surface area (Å²) >= 11 is 0. The van der Waals surface area contributed by atoms with Crippen LogP contribution < -0.4 is 5.73 Å². The molecule has 0 aliphatic carbocycles. The fourth-order valence-electron chi connectivity index (χ4n) is 2.62. The molecule has 1 fully saturated rings. The van der Waals surface area contributed by atoms with E-state index in [1.165, 1.54) is 16.4 Å². The van der Waals surface area contributed by atoms with E-state index in [1.807, 2.05) is 0 Å². The Morgan fingerprint density at radius 2 is 1.75 bits per heavy atom. The maximum absolute atomic E-state index is 13.0. The summed E-state index contributed by atoms with van der Waals surface area (Å²) in [5, 5.41) is 0. The van der Waals surface area contributed by atoms with E-state index in [0.29, 0.717) is 26.1 Å². The molecule has 0 saturated carbocycles. The lowest BCUT2D eigenvalue weighted by Gasteiger charge is -2.26. The maximum atomic E-state index is 13.0. The molecule has 1 aromatic carbocycles. The predicted molar refractivity (Wildman–Crippen MR) is 89.2 cm³/mol. The summed E-state index contributed by atoms with van der Waals surface area (Å²) in [7, 11) is -3.68. The Labute approximate surface area is 142 Å². The number of hydrogen-bond donors (Lipinski definition) is 1. The van der Waals surface area contributed by atoms with Crippen molar-refractivity contribution in [3.63, 3.8) is 0 Å². The average molecular weight is 357 g/mol. The number of halogens is 1. The summed E-state index contributed by atoms with van der Waals surface area (Å²) in [5.41, 5.74) is 5.78. The minimum atomic E-state index is -3.68. The highest BCUT2D eigenvalue weighted by Crippen LogP contribution is 2.19. The van der Waals surface area contributed by atoms with Crippen molar-refractivity contribution in [2.45, 2.75) is 31.2 Å². The van der Waals surface area contributed by atoms with Crippen LogP contribution in [-0.2, 0) is 14.8 Å².